The molecule has 0 aromatic carbocycles. The van der Waals surface area contributed by atoms with E-state index < -0.39 is 11.9 Å². The van der Waals surface area contributed by atoms with Crippen molar-refractivity contribution in [3.63, 3.8) is 0 Å². The molecule has 0 atom stereocenters. The van der Waals surface area contributed by atoms with Gasteiger partial charge in [0.25, 0.3) is 0 Å². The number of nitrogens with zero attached hydrogens (tertiary/aromatic N) is 3. The molecule has 0 spiro atoms. The van der Waals surface area contributed by atoms with E-state index in [2.05, 4.69) is 15.3 Å². The maximum Gasteiger partial charge on any atom is 0.433 e. The molecule has 104 valence electrons. The molecule has 0 unspecified atom stereocenters. The van der Waals surface area contributed by atoms with E-state index in [1.807, 2.05) is 6.92 Å². The van der Waals surface area contributed by atoms with Crippen molar-refractivity contribution >= 4 is 17.2 Å². The van der Waals surface area contributed by atoms with E-state index in [0.29, 0.717) is 5.01 Å². The van der Waals surface area contributed by atoms with E-state index in [4.69, 9.17) is 5.26 Å². The van der Waals surface area contributed by atoms with Crippen molar-refractivity contribution in [1.82, 2.24) is 9.97 Å². The van der Waals surface area contributed by atoms with Crippen molar-refractivity contribution in [2.75, 3.05) is 5.32 Å². The zero-order chi connectivity index (χ0) is 14.8. The average molecular weight is 298 g/mol. The van der Waals surface area contributed by atoms with Crippen LogP contribution in [-0.2, 0) is 12.7 Å². The Morgan fingerprint density at radius 3 is 2.70 bits per heavy atom. The van der Waals surface area contributed by atoms with Gasteiger partial charge in [0.15, 0.2) is 0 Å². The van der Waals surface area contributed by atoms with Crippen molar-refractivity contribution in [3.05, 3.63) is 39.5 Å². The van der Waals surface area contributed by atoms with Crippen LogP contribution >= 0.6 is 11.3 Å². The van der Waals surface area contributed by atoms with E-state index >= 15 is 0 Å². The summed E-state index contributed by atoms with van der Waals surface area (Å²) >= 11 is 1.42. The first-order chi connectivity index (χ1) is 9.40. The minimum absolute atomic E-state index is 0.0614. The highest BCUT2D eigenvalue weighted by molar-refractivity contribution is 7.11. The normalized spacial score (nSPS) is 11.2. The topological polar surface area (TPSA) is 61.6 Å². The Labute approximate surface area is 116 Å². The van der Waals surface area contributed by atoms with Crippen LogP contribution in [0.2, 0.25) is 0 Å². The molecule has 4 nitrogen and oxygen atoms in total. The van der Waals surface area contributed by atoms with E-state index in [9.17, 15) is 13.2 Å². The third-order valence-corrected chi connectivity index (χ3v) is 3.30. The fourth-order valence-electron chi connectivity index (χ4n) is 1.48. The molecular weight excluding hydrogens is 289 g/mol. The fourth-order valence-corrected chi connectivity index (χ4v) is 2.21. The second-order valence-electron chi connectivity index (χ2n) is 3.92. The minimum atomic E-state index is -4.54. The van der Waals surface area contributed by atoms with Crippen molar-refractivity contribution < 1.29 is 13.2 Å². The maximum atomic E-state index is 12.6. The Morgan fingerprint density at radius 2 is 2.15 bits per heavy atom. The number of pyridine rings is 1. The lowest BCUT2D eigenvalue weighted by Gasteiger charge is -2.10. The number of rotatable bonds is 3. The Kier molecular flexibility index (Phi) is 3.90. The summed E-state index contributed by atoms with van der Waals surface area (Å²) < 4.78 is 37.8. The third-order valence-electron chi connectivity index (χ3n) is 2.38. The van der Waals surface area contributed by atoms with Crippen LogP contribution < -0.4 is 5.32 Å². The number of hydrogen-bond donors (Lipinski definition) is 1. The molecule has 2 rings (SSSR count). The summed E-state index contributed by atoms with van der Waals surface area (Å²) in [5.74, 6) is -0.0878. The van der Waals surface area contributed by atoms with Crippen LogP contribution in [0.25, 0.3) is 0 Å². The Balaban J connectivity index is 2.23. The standard InChI is InChI=1S/C12H9F3N4S/c1-7-5-17-10(20-7)6-18-11-8(4-16)2-3-9(19-11)12(13,14)15/h2-3,5H,6H2,1H3,(H,18,19). The molecule has 2 aromatic heterocycles. The number of aryl methyl sites for hydroxylation is 1. The van der Waals surface area contributed by atoms with E-state index in [-0.39, 0.29) is 17.9 Å². The highest BCUT2D eigenvalue weighted by Crippen LogP contribution is 2.29. The second kappa shape index (κ2) is 5.46. The lowest BCUT2D eigenvalue weighted by atomic mass is 10.2. The molecule has 0 bridgehead atoms. The van der Waals surface area contributed by atoms with Gasteiger partial charge in [-0.3, -0.25) is 0 Å². The second-order valence-corrected chi connectivity index (χ2v) is 5.24. The molecule has 8 heteroatoms. The van der Waals surface area contributed by atoms with Gasteiger partial charge in [-0.1, -0.05) is 0 Å². The maximum absolute atomic E-state index is 12.6. The summed E-state index contributed by atoms with van der Waals surface area (Å²) in [4.78, 5) is 8.53. The quantitative estimate of drug-likeness (QED) is 0.944. The number of anilines is 1. The minimum Gasteiger partial charge on any atom is -0.362 e. The number of hydrogen-bond acceptors (Lipinski definition) is 5. The van der Waals surface area contributed by atoms with Crippen LogP contribution in [0.5, 0.6) is 0 Å². The van der Waals surface area contributed by atoms with Crippen molar-refractivity contribution in [2.24, 2.45) is 0 Å². The fraction of sp³-hybridized carbons (Fsp3) is 0.250. The zero-order valence-corrected chi connectivity index (χ0v) is 11.1. The Hall–Kier alpha value is -2.14. The summed E-state index contributed by atoms with van der Waals surface area (Å²) in [5.41, 5.74) is -0.972. The molecular formula is C12H9F3N4S. The first kappa shape index (κ1) is 14.3. The number of aromatic nitrogens is 2. The number of alkyl halides is 3. The van der Waals surface area contributed by atoms with E-state index in [0.717, 1.165) is 17.0 Å². The number of nitriles is 1. The van der Waals surface area contributed by atoms with Gasteiger partial charge in [0.05, 0.1) is 12.1 Å². The first-order valence-corrected chi connectivity index (χ1v) is 6.35. The Bertz CT molecular complexity index is 657. The van der Waals surface area contributed by atoms with Gasteiger partial charge in [-0.25, -0.2) is 9.97 Å². The largest absolute Gasteiger partial charge is 0.433 e. The molecule has 20 heavy (non-hydrogen) atoms. The predicted molar refractivity (Wildman–Crippen MR) is 68.1 cm³/mol. The number of nitrogens with one attached hydrogen (secondary N) is 1. The van der Waals surface area contributed by atoms with Crippen LogP contribution in [0.1, 0.15) is 21.1 Å². The van der Waals surface area contributed by atoms with Crippen molar-refractivity contribution in [1.29, 1.82) is 5.26 Å². The van der Waals surface area contributed by atoms with Gasteiger partial charge in [0.1, 0.15) is 22.6 Å². The van der Waals surface area contributed by atoms with Crippen molar-refractivity contribution in [2.45, 2.75) is 19.6 Å². The number of thiazole rings is 1. The molecule has 0 aliphatic carbocycles. The molecule has 2 aromatic rings. The highest BCUT2D eigenvalue weighted by atomic mass is 32.1. The Morgan fingerprint density at radius 1 is 1.40 bits per heavy atom. The SMILES string of the molecule is Cc1cnc(CNc2nc(C(F)(F)F)ccc2C#N)s1. The van der Waals surface area contributed by atoms with Crippen LogP contribution in [-0.4, -0.2) is 9.97 Å². The molecule has 0 aliphatic heterocycles. The lowest BCUT2D eigenvalue weighted by Crippen LogP contribution is -2.11. The smallest absolute Gasteiger partial charge is 0.362 e. The van der Waals surface area contributed by atoms with Gasteiger partial charge in [0.2, 0.25) is 0 Å². The van der Waals surface area contributed by atoms with Crippen LogP contribution in [0.4, 0.5) is 19.0 Å². The summed E-state index contributed by atoms with van der Waals surface area (Å²) in [6.07, 6.45) is -2.87. The molecule has 0 saturated heterocycles. The van der Waals surface area contributed by atoms with Gasteiger partial charge in [0, 0.05) is 11.1 Å². The molecule has 0 saturated carbocycles. The molecule has 0 aliphatic rings. The summed E-state index contributed by atoms with van der Waals surface area (Å²) in [7, 11) is 0. The average Bonchev–Trinajstić information content (AvgIpc) is 2.80. The van der Waals surface area contributed by atoms with Gasteiger partial charge in [-0.05, 0) is 19.1 Å². The van der Waals surface area contributed by atoms with Crippen LogP contribution in [0.15, 0.2) is 18.3 Å². The zero-order valence-electron chi connectivity index (χ0n) is 10.3. The summed E-state index contributed by atoms with van der Waals surface area (Å²) in [6.45, 7) is 2.10. The van der Waals surface area contributed by atoms with Gasteiger partial charge in [-0.2, -0.15) is 18.4 Å². The first-order valence-electron chi connectivity index (χ1n) is 5.53. The molecule has 0 radical (unpaired) electrons. The molecule has 0 fully saturated rings. The van der Waals surface area contributed by atoms with Crippen LogP contribution in [0, 0.1) is 18.3 Å². The van der Waals surface area contributed by atoms with Crippen LogP contribution in [0.3, 0.4) is 0 Å². The monoisotopic (exact) mass is 298 g/mol. The van der Waals surface area contributed by atoms with Gasteiger partial charge < -0.3 is 5.32 Å². The van der Waals surface area contributed by atoms with E-state index in [1.165, 1.54) is 11.3 Å². The summed E-state index contributed by atoms with van der Waals surface area (Å²) in [5, 5.41) is 12.3. The predicted octanol–water partition coefficient (Wildman–Crippen LogP) is 3.35. The molecule has 2 heterocycles. The molecule has 0 amide bonds. The lowest BCUT2D eigenvalue weighted by molar-refractivity contribution is -0.141. The third kappa shape index (κ3) is 3.24. The number of halogens is 3. The van der Waals surface area contributed by atoms with Crippen molar-refractivity contribution in [3.8, 4) is 6.07 Å². The highest BCUT2D eigenvalue weighted by Gasteiger charge is 2.33. The van der Waals surface area contributed by atoms with E-state index in [1.54, 1.807) is 12.3 Å². The summed E-state index contributed by atoms with van der Waals surface area (Å²) in [6, 6.07) is 3.70. The molecule has 1 N–H and O–H groups in total. The van der Waals surface area contributed by atoms with Gasteiger partial charge in [-0.15, -0.1) is 11.3 Å². The van der Waals surface area contributed by atoms with Gasteiger partial charge >= 0.3 is 6.18 Å².